The van der Waals surface area contributed by atoms with Crippen molar-refractivity contribution in [1.29, 1.82) is 0 Å². The number of rotatable bonds is 2. The van der Waals surface area contributed by atoms with E-state index in [1.54, 1.807) is 42.5 Å². The molecule has 1 heterocycles. The van der Waals surface area contributed by atoms with Crippen LogP contribution in [0.1, 0.15) is 20.8 Å². The summed E-state index contributed by atoms with van der Waals surface area (Å²) in [6.45, 7) is 0. The monoisotopic (exact) mass is 434 g/mol. The van der Waals surface area contributed by atoms with Gasteiger partial charge < -0.3 is 0 Å². The third-order valence-electron chi connectivity index (χ3n) is 3.32. The van der Waals surface area contributed by atoms with Gasteiger partial charge in [0.05, 0.1) is 10.9 Å². The molecule has 0 aliphatic rings. The molecule has 0 radical (unpaired) electrons. The van der Waals surface area contributed by atoms with Gasteiger partial charge in [-0.15, -0.1) is 0 Å². The van der Waals surface area contributed by atoms with Crippen LogP contribution in [-0.2, 0) is 0 Å². The van der Waals surface area contributed by atoms with Crippen LogP contribution in [0.4, 0.5) is 0 Å². The lowest BCUT2D eigenvalue weighted by atomic mass is 10.1. The molecule has 1 aromatic heterocycles. The first kappa shape index (κ1) is 16.1. The van der Waals surface area contributed by atoms with Crippen LogP contribution in [0.5, 0.6) is 0 Å². The summed E-state index contributed by atoms with van der Waals surface area (Å²) in [6.07, 6.45) is 0. The normalized spacial score (nSPS) is 10.4. The lowest BCUT2D eigenvalue weighted by molar-refractivity contribution is 0.0844. The first-order valence-corrected chi connectivity index (χ1v) is 7.98. The maximum Gasteiger partial charge on any atom is 0.290 e. The summed E-state index contributed by atoms with van der Waals surface area (Å²) in [6, 6.07) is 13.6. The van der Waals surface area contributed by atoms with E-state index in [0.717, 1.165) is 3.57 Å². The summed E-state index contributed by atoms with van der Waals surface area (Å²) in [5, 5.41) is 6.80. The van der Waals surface area contributed by atoms with E-state index in [0.29, 0.717) is 16.3 Å². The number of carbonyl (C=O) groups is 2. The number of hydrogen-bond acceptors (Lipinski definition) is 4. The van der Waals surface area contributed by atoms with E-state index >= 15 is 0 Å². The van der Waals surface area contributed by atoms with Crippen LogP contribution < -0.4 is 16.4 Å². The molecule has 3 aromatic rings. The van der Waals surface area contributed by atoms with Gasteiger partial charge >= 0.3 is 0 Å². The molecule has 7 nitrogen and oxygen atoms in total. The van der Waals surface area contributed by atoms with Crippen molar-refractivity contribution in [3.63, 3.8) is 0 Å². The van der Waals surface area contributed by atoms with Crippen molar-refractivity contribution in [3.05, 3.63) is 73.7 Å². The van der Waals surface area contributed by atoms with Crippen LogP contribution in [0.15, 0.2) is 53.3 Å². The van der Waals surface area contributed by atoms with Crippen molar-refractivity contribution in [2.45, 2.75) is 0 Å². The Bertz CT molecular complexity index is 1000. The fourth-order valence-electron chi connectivity index (χ4n) is 2.17. The fraction of sp³-hybridized carbons (Fsp3) is 0. The Morgan fingerprint density at radius 3 is 2.29 bits per heavy atom. The number of aromatic nitrogens is 2. The molecule has 120 valence electrons. The van der Waals surface area contributed by atoms with Crippen molar-refractivity contribution < 1.29 is 9.59 Å². The van der Waals surface area contributed by atoms with Crippen LogP contribution in [0.3, 0.4) is 0 Å². The number of nitrogens with zero attached hydrogens (tertiary/aromatic N) is 1. The van der Waals surface area contributed by atoms with E-state index in [1.165, 1.54) is 0 Å². The molecule has 0 saturated carbocycles. The minimum Gasteiger partial charge on any atom is -0.267 e. The molecular weight excluding hydrogens is 423 g/mol. The maximum absolute atomic E-state index is 12.3. The van der Waals surface area contributed by atoms with Crippen molar-refractivity contribution in [2.75, 3.05) is 0 Å². The predicted octanol–water partition coefficient (Wildman–Crippen LogP) is 1.60. The highest BCUT2D eigenvalue weighted by atomic mass is 127. The second kappa shape index (κ2) is 6.79. The topological polar surface area (TPSA) is 104 Å². The maximum atomic E-state index is 12.3. The third kappa shape index (κ3) is 3.13. The van der Waals surface area contributed by atoms with Gasteiger partial charge in [0, 0.05) is 8.96 Å². The Hall–Kier alpha value is -2.75. The van der Waals surface area contributed by atoms with Crippen LogP contribution in [0, 0.1) is 3.57 Å². The van der Waals surface area contributed by atoms with Gasteiger partial charge in [0.25, 0.3) is 17.4 Å². The zero-order chi connectivity index (χ0) is 17.1. The van der Waals surface area contributed by atoms with Gasteiger partial charge in [-0.05, 0) is 40.8 Å². The highest BCUT2D eigenvalue weighted by Gasteiger charge is 2.15. The number of amides is 2. The van der Waals surface area contributed by atoms with Crippen LogP contribution >= 0.6 is 22.6 Å². The lowest BCUT2D eigenvalue weighted by Gasteiger charge is -2.09. The van der Waals surface area contributed by atoms with E-state index in [4.69, 9.17) is 0 Å². The highest BCUT2D eigenvalue weighted by molar-refractivity contribution is 14.1. The molecule has 0 aliphatic carbocycles. The van der Waals surface area contributed by atoms with E-state index < -0.39 is 11.8 Å². The number of halogens is 1. The quantitative estimate of drug-likeness (QED) is 0.421. The Labute approximate surface area is 149 Å². The second-order valence-electron chi connectivity index (χ2n) is 4.84. The van der Waals surface area contributed by atoms with Gasteiger partial charge in [0.1, 0.15) is 0 Å². The Morgan fingerprint density at radius 1 is 0.917 bits per heavy atom. The van der Waals surface area contributed by atoms with Crippen molar-refractivity contribution in [3.8, 4) is 0 Å². The summed E-state index contributed by atoms with van der Waals surface area (Å²) in [5.41, 5.74) is 4.73. The molecule has 0 unspecified atom stereocenters. The second-order valence-corrected chi connectivity index (χ2v) is 6.00. The number of H-pyrrole nitrogens is 1. The SMILES string of the molecule is O=C(NNC(=O)c1n[nH]c(=O)c2ccccc12)c1ccccc1I. The average molecular weight is 434 g/mol. The van der Waals surface area contributed by atoms with Crippen LogP contribution in [0.2, 0.25) is 0 Å². The van der Waals surface area contributed by atoms with Gasteiger partial charge in [-0.2, -0.15) is 5.10 Å². The number of fused-ring (bicyclic) bond motifs is 1. The molecule has 0 spiro atoms. The van der Waals surface area contributed by atoms with E-state index in [9.17, 15) is 14.4 Å². The number of aromatic amines is 1. The van der Waals surface area contributed by atoms with E-state index in [1.807, 2.05) is 28.7 Å². The lowest BCUT2D eigenvalue weighted by Crippen LogP contribution is -2.42. The Kier molecular flexibility index (Phi) is 4.56. The van der Waals surface area contributed by atoms with Gasteiger partial charge in [-0.3, -0.25) is 25.2 Å². The molecule has 0 aliphatic heterocycles. The zero-order valence-corrected chi connectivity index (χ0v) is 14.3. The van der Waals surface area contributed by atoms with Crippen LogP contribution in [0.25, 0.3) is 10.8 Å². The number of carbonyl (C=O) groups excluding carboxylic acids is 2. The summed E-state index contributed by atoms with van der Waals surface area (Å²) < 4.78 is 0.759. The minimum atomic E-state index is -0.623. The summed E-state index contributed by atoms with van der Waals surface area (Å²) in [4.78, 5) is 36.1. The number of hydrazine groups is 1. The minimum absolute atomic E-state index is 0.0215. The highest BCUT2D eigenvalue weighted by Crippen LogP contribution is 2.12. The molecule has 2 aromatic carbocycles. The summed E-state index contributed by atoms with van der Waals surface area (Å²) in [7, 11) is 0. The largest absolute Gasteiger partial charge is 0.290 e. The molecule has 3 rings (SSSR count). The first-order chi connectivity index (χ1) is 11.6. The molecule has 0 saturated heterocycles. The molecule has 0 bridgehead atoms. The van der Waals surface area contributed by atoms with Gasteiger partial charge in [-0.1, -0.05) is 30.3 Å². The molecule has 8 heteroatoms. The summed E-state index contributed by atoms with van der Waals surface area (Å²) in [5.74, 6) is -1.07. The molecule has 0 atom stereocenters. The number of benzene rings is 2. The van der Waals surface area contributed by atoms with Gasteiger partial charge in [0.15, 0.2) is 5.69 Å². The average Bonchev–Trinajstić information content (AvgIpc) is 2.60. The molecular formula is C16H11IN4O3. The fourth-order valence-corrected chi connectivity index (χ4v) is 2.81. The Morgan fingerprint density at radius 2 is 1.54 bits per heavy atom. The Balaban J connectivity index is 1.82. The molecule has 2 amide bonds. The van der Waals surface area contributed by atoms with Gasteiger partial charge in [0.2, 0.25) is 0 Å². The van der Waals surface area contributed by atoms with Crippen molar-refractivity contribution in [2.24, 2.45) is 0 Å². The summed E-state index contributed by atoms with van der Waals surface area (Å²) >= 11 is 2.03. The standard InChI is InChI=1S/C16H11IN4O3/c17-12-8-4-3-7-11(12)15(23)20-21-16(24)13-9-5-1-2-6-10(9)14(22)19-18-13/h1-8H,(H,19,22)(H,20,23)(H,21,24). The third-order valence-corrected chi connectivity index (χ3v) is 4.26. The number of hydrogen-bond donors (Lipinski definition) is 3. The van der Waals surface area contributed by atoms with Crippen molar-refractivity contribution >= 4 is 45.2 Å². The molecule has 24 heavy (non-hydrogen) atoms. The predicted molar refractivity (Wildman–Crippen MR) is 96.5 cm³/mol. The smallest absolute Gasteiger partial charge is 0.267 e. The van der Waals surface area contributed by atoms with E-state index in [-0.39, 0.29) is 11.3 Å². The van der Waals surface area contributed by atoms with Crippen molar-refractivity contribution in [1.82, 2.24) is 21.0 Å². The molecule has 0 fully saturated rings. The van der Waals surface area contributed by atoms with E-state index in [2.05, 4.69) is 21.0 Å². The zero-order valence-electron chi connectivity index (χ0n) is 12.2. The molecule has 3 N–H and O–H groups in total. The van der Waals surface area contributed by atoms with Crippen LogP contribution in [-0.4, -0.2) is 22.0 Å². The first-order valence-electron chi connectivity index (χ1n) is 6.90. The number of nitrogens with one attached hydrogen (secondary N) is 3. The van der Waals surface area contributed by atoms with Gasteiger partial charge in [-0.25, -0.2) is 5.10 Å².